The van der Waals surface area contributed by atoms with Crippen molar-refractivity contribution in [1.82, 2.24) is 10.9 Å². The van der Waals surface area contributed by atoms with Crippen LogP contribution in [0.5, 0.6) is 11.5 Å². The molecule has 2 aromatic carbocycles. The summed E-state index contributed by atoms with van der Waals surface area (Å²) in [5.41, 5.74) is 7.68. The number of rotatable bonds is 4. The highest BCUT2D eigenvalue weighted by Crippen LogP contribution is 2.31. The van der Waals surface area contributed by atoms with Crippen LogP contribution in [0.2, 0.25) is 5.02 Å². The van der Waals surface area contributed by atoms with E-state index in [9.17, 15) is 9.59 Å². The lowest BCUT2D eigenvalue weighted by molar-refractivity contribution is -0.135. The average molecular weight is 389 g/mol. The summed E-state index contributed by atoms with van der Waals surface area (Å²) in [4.78, 5) is 24.5. The Bertz CT molecular complexity index is 884. The van der Waals surface area contributed by atoms with Crippen LogP contribution in [-0.4, -0.2) is 24.0 Å². The van der Waals surface area contributed by atoms with E-state index in [4.69, 9.17) is 21.1 Å². The zero-order valence-corrected chi connectivity index (χ0v) is 16.1. The highest BCUT2D eigenvalue weighted by atomic mass is 35.5. The molecule has 6 nitrogen and oxygen atoms in total. The van der Waals surface area contributed by atoms with Gasteiger partial charge in [0.2, 0.25) is 0 Å². The number of aryl methyl sites for hydroxylation is 1. The van der Waals surface area contributed by atoms with E-state index in [-0.39, 0.29) is 0 Å². The minimum absolute atomic E-state index is 0.395. The van der Waals surface area contributed by atoms with E-state index in [1.165, 1.54) is 0 Å². The molecule has 1 heterocycles. The van der Waals surface area contributed by atoms with Crippen LogP contribution in [0.25, 0.3) is 0 Å². The fraction of sp³-hybridized carbons (Fsp3) is 0.300. The van der Waals surface area contributed by atoms with E-state index in [1.807, 2.05) is 26.0 Å². The van der Waals surface area contributed by atoms with Crippen LogP contribution in [0, 0.1) is 13.8 Å². The third kappa shape index (κ3) is 4.34. The number of hydrogen-bond donors (Lipinski definition) is 2. The molecule has 1 aliphatic rings. The van der Waals surface area contributed by atoms with Crippen molar-refractivity contribution in [3.05, 3.63) is 58.1 Å². The fourth-order valence-corrected chi connectivity index (χ4v) is 2.96. The molecular formula is C20H21ClN2O4. The molecule has 142 valence electrons. The number of halogens is 1. The number of nitrogens with one attached hydrogen (secondary N) is 2. The van der Waals surface area contributed by atoms with Crippen molar-refractivity contribution < 1.29 is 19.1 Å². The summed E-state index contributed by atoms with van der Waals surface area (Å²) in [6.45, 7) is 5.52. The Morgan fingerprint density at radius 3 is 2.78 bits per heavy atom. The van der Waals surface area contributed by atoms with Crippen molar-refractivity contribution in [1.29, 1.82) is 0 Å². The second kappa shape index (κ2) is 7.88. The molecule has 0 bridgehead atoms. The second-order valence-electron chi connectivity index (χ2n) is 6.50. The number of hydrogen-bond acceptors (Lipinski definition) is 4. The van der Waals surface area contributed by atoms with E-state index in [1.54, 1.807) is 31.2 Å². The summed E-state index contributed by atoms with van der Waals surface area (Å²) in [6.07, 6.45) is -1.09. The number of benzene rings is 2. The molecule has 27 heavy (non-hydrogen) atoms. The first kappa shape index (κ1) is 19.0. The zero-order chi connectivity index (χ0) is 19.6. The minimum Gasteiger partial charge on any atom is -0.481 e. The summed E-state index contributed by atoms with van der Waals surface area (Å²) in [5.74, 6) is 0.366. The maximum absolute atomic E-state index is 12.3. The number of carbonyl (C=O) groups is 2. The molecule has 3 rings (SSSR count). The number of fused-ring (bicyclic) bond motifs is 1. The van der Waals surface area contributed by atoms with Crippen molar-refractivity contribution in [3.63, 3.8) is 0 Å². The number of ether oxygens (including phenoxy) is 2. The van der Waals surface area contributed by atoms with E-state index < -0.39 is 24.0 Å². The standard InChI is InChI=1S/C20H21ClN2O4/c1-11-5-4-6-16(12(11)2)26-13(3)19(24)22-23-20(25)18-10-14-9-15(21)7-8-17(14)27-18/h4-9,13,18H,10H2,1-3H3,(H,22,24)(H,23,25). The highest BCUT2D eigenvalue weighted by molar-refractivity contribution is 6.30. The average Bonchev–Trinajstić information content (AvgIpc) is 3.06. The van der Waals surface area contributed by atoms with E-state index >= 15 is 0 Å². The summed E-state index contributed by atoms with van der Waals surface area (Å²) in [7, 11) is 0. The Morgan fingerprint density at radius 2 is 2.00 bits per heavy atom. The first-order valence-electron chi connectivity index (χ1n) is 8.63. The predicted molar refractivity (Wildman–Crippen MR) is 102 cm³/mol. The Morgan fingerprint density at radius 1 is 1.22 bits per heavy atom. The quantitative estimate of drug-likeness (QED) is 0.789. The van der Waals surface area contributed by atoms with Gasteiger partial charge in [-0.2, -0.15) is 0 Å². The molecule has 2 amide bonds. The van der Waals surface area contributed by atoms with Crippen LogP contribution >= 0.6 is 11.6 Å². The zero-order valence-electron chi connectivity index (χ0n) is 15.3. The highest BCUT2D eigenvalue weighted by Gasteiger charge is 2.30. The van der Waals surface area contributed by atoms with Gasteiger partial charge in [-0.3, -0.25) is 20.4 Å². The largest absolute Gasteiger partial charge is 0.481 e. The van der Waals surface area contributed by atoms with Gasteiger partial charge >= 0.3 is 0 Å². The fourth-order valence-electron chi connectivity index (χ4n) is 2.76. The smallest absolute Gasteiger partial charge is 0.279 e. The van der Waals surface area contributed by atoms with Gasteiger partial charge in [-0.25, -0.2) is 0 Å². The summed E-state index contributed by atoms with van der Waals surface area (Å²) in [6, 6.07) is 10.8. The molecular weight excluding hydrogens is 368 g/mol. The lowest BCUT2D eigenvalue weighted by atomic mass is 10.1. The van der Waals surface area contributed by atoms with Crippen molar-refractivity contribution in [2.75, 3.05) is 0 Å². The lowest BCUT2D eigenvalue weighted by Crippen LogP contribution is -2.51. The first-order chi connectivity index (χ1) is 12.8. The molecule has 0 aromatic heterocycles. The SMILES string of the molecule is Cc1cccc(OC(C)C(=O)NNC(=O)C2Cc3cc(Cl)ccc3O2)c1C. The molecule has 0 spiro atoms. The van der Waals surface area contributed by atoms with E-state index in [0.717, 1.165) is 16.7 Å². The van der Waals surface area contributed by atoms with Gasteiger partial charge < -0.3 is 9.47 Å². The van der Waals surface area contributed by atoms with Gasteiger partial charge in [-0.05, 0) is 61.7 Å². The number of amides is 2. The van der Waals surface area contributed by atoms with Gasteiger partial charge in [0.25, 0.3) is 11.8 Å². The monoisotopic (exact) mass is 388 g/mol. The van der Waals surface area contributed by atoms with Crippen LogP contribution in [-0.2, 0) is 16.0 Å². The minimum atomic E-state index is -0.772. The molecule has 2 atom stereocenters. The molecule has 2 unspecified atom stereocenters. The van der Waals surface area contributed by atoms with Crippen LogP contribution in [0.3, 0.4) is 0 Å². The molecule has 2 N–H and O–H groups in total. The molecule has 7 heteroatoms. The van der Waals surface area contributed by atoms with Gasteiger partial charge in [-0.15, -0.1) is 0 Å². The van der Waals surface area contributed by atoms with Crippen molar-refractivity contribution >= 4 is 23.4 Å². The van der Waals surface area contributed by atoms with E-state index in [0.29, 0.717) is 22.9 Å². The molecule has 1 aliphatic heterocycles. The number of hydrazine groups is 1. The van der Waals surface area contributed by atoms with Gasteiger partial charge in [-0.1, -0.05) is 23.7 Å². The third-order valence-corrected chi connectivity index (χ3v) is 4.76. The van der Waals surface area contributed by atoms with Crippen molar-refractivity contribution in [2.24, 2.45) is 0 Å². The molecule has 0 saturated carbocycles. The molecule has 2 aromatic rings. The Kier molecular flexibility index (Phi) is 5.56. The molecule has 0 radical (unpaired) electrons. The van der Waals surface area contributed by atoms with Crippen molar-refractivity contribution in [3.8, 4) is 11.5 Å². The predicted octanol–water partition coefficient (Wildman–Crippen LogP) is 2.88. The van der Waals surface area contributed by atoms with Crippen molar-refractivity contribution in [2.45, 2.75) is 39.4 Å². The first-order valence-corrected chi connectivity index (χ1v) is 9.00. The van der Waals surface area contributed by atoms with Gasteiger partial charge in [0, 0.05) is 11.4 Å². The Labute approximate surface area is 162 Å². The maximum Gasteiger partial charge on any atom is 0.279 e. The third-order valence-electron chi connectivity index (χ3n) is 4.53. The van der Waals surface area contributed by atoms with Gasteiger partial charge in [0.15, 0.2) is 12.2 Å². The maximum atomic E-state index is 12.3. The van der Waals surface area contributed by atoms with E-state index in [2.05, 4.69) is 10.9 Å². The van der Waals surface area contributed by atoms with Crippen LogP contribution in [0.1, 0.15) is 23.6 Å². The Hall–Kier alpha value is -2.73. The van der Waals surface area contributed by atoms with Crippen LogP contribution in [0.4, 0.5) is 0 Å². The summed E-state index contributed by atoms with van der Waals surface area (Å²) in [5, 5.41) is 0.587. The normalized spacial score (nSPS) is 16.1. The van der Waals surface area contributed by atoms with Crippen LogP contribution in [0.15, 0.2) is 36.4 Å². The molecule has 0 aliphatic carbocycles. The second-order valence-corrected chi connectivity index (χ2v) is 6.94. The topological polar surface area (TPSA) is 76.7 Å². The Balaban J connectivity index is 1.51. The molecule has 0 saturated heterocycles. The lowest BCUT2D eigenvalue weighted by Gasteiger charge is -2.18. The number of carbonyl (C=O) groups excluding carboxylic acids is 2. The summed E-state index contributed by atoms with van der Waals surface area (Å²) < 4.78 is 11.3. The van der Waals surface area contributed by atoms with Crippen LogP contribution < -0.4 is 20.3 Å². The van der Waals surface area contributed by atoms with Gasteiger partial charge in [0.1, 0.15) is 11.5 Å². The summed E-state index contributed by atoms with van der Waals surface area (Å²) >= 11 is 5.95. The molecule has 0 fully saturated rings. The van der Waals surface area contributed by atoms with Gasteiger partial charge in [0.05, 0.1) is 0 Å².